The molecule has 1 unspecified atom stereocenters. The number of hydrogen-bond acceptors (Lipinski definition) is 2. The summed E-state index contributed by atoms with van der Waals surface area (Å²) in [6.07, 6.45) is 10.4. The first-order valence-electron chi connectivity index (χ1n) is 5.63. The van der Waals surface area contributed by atoms with Gasteiger partial charge >= 0.3 is 0 Å². The second-order valence-electron chi connectivity index (χ2n) is 3.77. The molecule has 0 saturated carbocycles. The molecule has 1 amide bonds. The van der Waals surface area contributed by atoms with Crippen LogP contribution in [0.1, 0.15) is 26.2 Å². The molecule has 15 heavy (non-hydrogen) atoms. The standard InChI is InChI=1S/C12H20N2O/c1-2-3-4-7-12(15)14-11-6-5-9-13-10-8-11/h2-4,7,11,13H,5-6,8-10H2,1H3,(H,14,15). The highest BCUT2D eigenvalue weighted by molar-refractivity contribution is 5.87. The van der Waals surface area contributed by atoms with Crippen molar-refractivity contribution in [1.82, 2.24) is 10.6 Å². The molecule has 1 aliphatic rings. The Hall–Kier alpha value is -1.09. The predicted octanol–water partition coefficient (Wildman–Crippen LogP) is 1.38. The molecule has 0 aliphatic carbocycles. The average Bonchev–Trinajstić information content (AvgIpc) is 2.47. The van der Waals surface area contributed by atoms with Crippen molar-refractivity contribution in [3.8, 4) is 0 Å². The predicted molar refractivity (Wildman–Crippen MR) is 62.6 cm³/mol. The van der Waals surface area contributed by atoms with Crippen LogP contribution in [-0.2, 0) is 4.79 Å². The van der Waals surface area contributed by atoms with Crippen molar-refractivity contribution in [2.75, 3.05) is 13.1 Å². The van der Waals surface area contributed by atoms with Crippen molar-refractivity contribution in [1.29, 1.82) is 0 Å². The van der Waals surface area contributed by atoms with Gasteiger partial charge in [0.2, 0.25) is 5.91 Å². The molecule has 0 spiro atoms. The van der Waals surface area contributed by atoms with E-state index in [9.17, 15) is 4.79 Å². The summed E-state index contributed by atoms with van der Waals surface area (Å²) in [4.78, 5) is 11.4. The van der Waals surface area contributed by atoms with Crippen LogP contribution in [0.25, 0.3) is 0 Å². The fourth-order valence-corrected chi connectivity index (χ4v) is 1.67. The first-order valence-corrected chi connectivity index (χ1v) is 5.63. The van der Waals surface area contributed by atoms with Crippen LogP contribution in [0.3, 0.4) is 0 Å². The lowest BCUT2D eigenvalue weighted by Crippen LogP contribution is -2.34. The van der Waals surface area contributed by atoms with Crippen molar-refractivity contribution < 1.29 is 4.79 Å². The van der Waals surface area contributed by atoms with E-state index in [0.29, 0.717) is 6.04 Å². The second kappa shape index (κ2) is 7.23. The Morgan fingerprint density at radius 1 is 1.33 bits per heavy atom. The largest absolute Gasteiger partial charge is 0.350 e. The van der Waals surface area contributed by atoms with Crippen molar-refractivity contribution in [2.24, 2.45) is 0 Å². The Morgan fingerprint density at radius 2 is 2.20 bits per heavy atom. The van der Waals surface area contributed by atoms with Crippen LogP contribution in [0.4, 0.5) is 0 Å². The second-order valence-corrected chi connectivity index (χ2v) is 3.77. The van der Waals surface area contributed by atoms with Crippen molar-refractivity contribution in [2.45, 2.75) is 32.2 Å². The first-order chi connectivity index (χ1) is 7.33. The number of carbonyl (C=O) groups excluding carboxylic acids is 1. The fourth-order valence-electron chi connectivity index (χ4n) is 1.67. The van der Waals surface area contributed by atoms with Crippen LogP contribution in [0, 0.1) is 0 Å². The number of carbonyl (C=O) groups is 1. The van der Waals surface area contributed by atoms with Gasteiger partial charge in [0.25, 0.3) is 0 Å². The summed E-state index contributed by atoms with van der Waals surface area (Å²) in [6.45, 7) is 4.00. The van der Waals surface area contributed by atoms with Gasteiger partial charge in [-0.25, -0.2) is 0 Å². The van der Waals surface area contributed by atoms with Gasteiger partial charge in [-0.05, 0) is 39.3 Å². The molecule has 3 heteroatoms. The van der Waals surface area contributed by atoms with E-state index in [1.54, 1.807) is 12.2 Å². The molecular weight excluding hydrogens is 188 g/mol. The third kappa shape index (κ3) is 5.37. The third-order valence-electron chi connectivity index (χ3n) is 2.47. The average molecular weight is 208 g/mol. The lowest BCUT2D eigenvalue weighted by molar-refractivity contribution is -0.117. The van der Waals surface area contributed by atoms with Crippen LogP contribution in [0.5, 0.6) is 0 Å². The summed E-state index contributed by atoms with van der Waals surface area (Å²) >= 11 is 0. The first kappa shape index (κ1) is 12.0. The highest BCUT2D eigenvalue weighted by Crippen LogP contribution is 2.04. The topological polar surface area (TPSA) is 41.1 Å². The zero-order valence-corrected chi connectivity index (χ0v) is 9.33. The highest BCUT2D eigenvalue weighted by Gasteiger charge is 2.12. The molecule has 0 radical (unpaired) electrons. The van der Waals surface area contributed by atoms with Crippen LogP contribution in [0.15, 0.2) is 24.3 Å². The summed E-state index contributed by atoms with van der Waals surface area (Å²) in [6, 6.07) is 0.336. The Bertz CT molecular complexity index is 238. The van der Waals surface area contributed by atoms with Crippen molar-refractivity contribution in [3.63, 3.8) is 0 Å². The van der Waals surface area contributed by atoms with Gasteiger partial charge in [0.05, 0.1) is 0 Å². The maximum atomic E-state index is 11.4. The molecule has 84 valence electrons. The smallest absolute Gasteiger partial charge is 0.244 e. The molecule has 0 aromatic heterocycles. The number of nitrogens with one attached hydrogen (secondary N) is 2. The third-order valence-corrected chi connectivity index (χ3v) is 2.47. The minimum Gasteiger partial charge on any atom is -0.350 e. The summed E-state index contributed by atoms with van der Waals surface area (Å²) in [5.41, 5.74) is 0. The van der Waals surface area contributed by atoms with Gasteiger partial charge in [0.15, 0.2) is 0 Å². The molecular formula is C12H20N2O. The molecule has 0 aromatic rings. The van der Waals surface area contributed by atoms with Gasteiger partial charge in [-0.1, -0.05) is 18.2 Å². The minimum absolute atomic E-state index is 0.0139. The van der Waals surface area contributed by atoms with E-state index in [-0.39, 0.29) is 5.91 Å². The normalized spacial score (nSPS) is 23.1. The van der Waals surface area contributed by atoms with Gasteiger partial charge in [-0.15, -0.1) is 0 Å². The SMILES string of the molecule is CC=CC=CC(=O)NC1CCCNCC1. The molecule has 1 rings (SSSR count). The van der Waals surface area contributed by atoms with Crippen LogP contribution in [0.2, 0.25) is 0 Å². The Morgan fingerprint density at radius 3 is 3.00 bits per heavy atom. The van der Waals surface area contributed by atoms with Crippen molar-refractivity contribution >= 4 is 5.91 Å². The van der Waals surface area contributed by atoms with Gasteiger partial charge in [0.1, 0.15) is 0 Å². The van der Waals surface area contributed by atoms with E-state index in [1.807, 2.05) is 19.1 Å². The lowest BCUT2D eigenvalue weighted by atomic mass is 10.1. The van der Waals surface area contributed by atoms with E-state index in [2.05, 4.69) is 10.6 Å². The number of hydrogen-bond donors (Lipinski definition) is 2. The highest BCUT2D eigenvalue weighted by atomic mass is 16.1. The van der Waals surface area contributed by atoms with Gasteiger partial charge in [-0.3, -0.25) is 4.79 Å². The number of allylic oxidation sites excluding steroid dienone is 3. The monoisotopic (exact) mass is 208 g/mol. The van der Waals surface area contributed by atoms with E-state index in [0.717, 1.165) is 32.4 Å². The zero-order chi connectivity index (χ0) is 10.9. The van der Waals surface area contributed by atoms with Crippen LogP contribution < -0.4 is 10.6 Å². The van der Waals surface area contributed by atoms with Gasteiger partial charge < -0.3 is 10.6 Å². The van der Waals surface area contributed by atoms with E-state index in [1.165, 1.54) is 0 Å². The zero-order valence-electron chi connectivity index (χ0n) is 9.33. The van der Waals surface area contributed by atoms with Crippen molar-refractivity contribution in [3.05, 3.63) is 24.3 Å². The Labute approximate surface area is 91.6 Å². The van der Waals surface area contributed by atoms with Crippen LogP contribution in [-0.4, -0.2) is 25.0 Å². The molecule has 1 aliphatic heterocycles. The number of rotatable bonds is 3. The maximum Gasteiger partial charge on any atom is 0.244 e. The van der Waals surface area contributed by atoms with Gasteiger partial charge in [-0.2, -0.15) is 0 Å². The molecule has 1 atom stereocenters. The summed E-state index contributed by atoms with van der Waals surface area (Å²) in [7, 11) is 0. The fraction of sp³-hybridized carbons (Fsp3) is 0.583. The van der Waals surface area contributed by atoms with E-state index >= 15 is 0 Å². The maximum absolute atomic E-state index is 11.4. The molecule has 0 aromatic carbocycles. The molecule has 1 heterocycles. The van der Waals surface area contributed by atoms with E-state index in [4.69, 9.17) is 0 Å². The minimum atomic E-state index is 0.0139. The number of amides is 1. The Balaban J connectivity index is 2.29. The van der Waals surface area contributed by atoms with Gasteiger partial charge in [0, 0.05) is 12.1 Å². The molecule has 1 fully saturated rings. The molecule has 2 N–H and O–H groups in total. The molecule has 0 bridgehead atoms. The molecule has 1 saturated heterocycles. The van der Waals surface area contributed by atoms with E-state index < -0.39 is 0 Å². The summed E-state index contributed by atoms with van der Waals surface area (Å²) in [5, 5.41) is 6.34. The Kier molecular flexibility index (Phi) is 5.78. The van der Waals surface area contributed by atoms with Crippen LogP contribution >= 0.6 is 0 Å². The quantitative estimate of drug-likeness (QED) is 0.543. The summed E-state index contributed by atoms with van der Waals surface area (Å²) in [5.74, 6) is 0.0139. The lowest BCUT2D eigenvalue weighted by Gasteiger charge is -2.13. The summed E-state index contributed by atoms with van der Waals surface area (Å²) < 4.78 is 0. The molecule has 3 nitrogen and oxygen atoms in total.